The molecule has 1 aromatic heterocycles. The highest BCUT2D eigenvalue weighted by atomic mass is 19.2. The van der Waals surface area contributed by atoms with Crippen LogP contribution in [0.2, 0.25) is 0 Å². The topological polar surface area (TPSA) is 40.7 Å². The maximum atomic E-state index is 13.6. The smallest absolute Gasteiger partial charge is 0.159 e. The van der Waals surface area contributed by atoms with Gasteiger partial charge in [-0.2, -0.15) is 5.10 Å². The van der Waals surface area contributed by atoms with Gasteiger partial charge in [0.15, 0.2) is 11.6 Å². The highest BCUT2D eigenvalue weighted by molar-refractivity contribution is 5.62. The van der Waals surface area contributed by atoms with Gasteiger partial charge in [-0.25, -0.2) is 8.78 Å². The Balaban J connectivity index is 1.91. The Morgan fingerprint density at radius 1 is 1.00 bits per heavy atom. The molecule has 3 aromatic rings. The average Bonchev–Trinajstić information content (AvgIpc) is 3.13. The number of nitrogens with one attached hydrogen (secondary N) is 2. The van der Waals surface area contributed by atoms with Gasteiger partial charge in [0.05, 0.1) is 6.20 Å². The van der Waals surface area contributed by atoms with Gasteiger partial charge in [0.1, 0.15) is 0 Å². The summed E-state index contributed by atoms with van der Waals surface area (Å²) in [5.74, 6) is -1.62. The second-order valence-electron chi connectivity index (χ2n) is 5.73. The summed E-state index contributed by atoms with van der Waals surface area (Å²) in [5.41, 5.74) is 3.93. The first-order chi connectivity index (χ1) is 11.7. The highest BCUT2D eigenvalue weighted by Crippen LogP contribution is 2.30. The largest absolute Gasteiger partial charge is 0.320 e. The maximum Gasteiger partial charge on any atom is 0.159 e. The van der Waals surface area contributed by atoms with Crippen LogP contribution in [0.25, 0.3) is 11.1 Å². The Hall–Kier alpha value is -2.53. The van der Waals surface area contributed by atoms with Crippen LogP contribution in [0.3, 0.4) is 0 Å². The lowest BCUT2D eigenvalue weighted by molar-refractivity contribution is 0.505. The predicted octanol–water partition coefficient (Wildman–Crippen LogP) is 4.10. The van der Waals surface area contributed by atoms with Crippen molar-refractivity contribution in [3.63, 3.8) is 0 Å². The summed E-state index contributed by atoms with van der Waals surface area (Å²) in [5, 5.41) is 9.86. The molecule has 124 valence electrons. The number of aromatic amines is 1. The number of aromatic nitrogens is 2. The third kappa shape index (κ3) is 3.51. The van der Waals surface area contributed by atoms with Crippen molar-refractivity contribution in [1.29, 1.82) is 0 Å². The van der Waals surface area contributed by atoms with Gasteiger partial charge in [-0.05, 0) is 48.8 Å². The van der Waals surface area contributed by atoms with Crippen molar-refractivity contribution in [2.45, 2.75) is 12.3 Å². The summed E-state index contributed by atoms with van der Waals surface area (Å²) in [4.78, 5) is 0. The first kappa shape index (κ1) is 16.3. The molecule has 5 heteroatoms. The minimum absolute atomic E-state index is 0.00551. The number of nitrogens with zero attached hydrogens (tertiary/aromatic N) is 1. The third-order valence-electron chi connectivity index (χ3n) is 4.17. The first-order valence-electron chi connectivity index (χ1n) is 7.87. The lowest BCUT2D eigenvalue weighted by atomic mass is 9.87. The number of hydrogen-bond acceptors (Lipinski definition) is 2. The fourth-order valence-electron chi connectivity index (χ4n) is 2.86. The molecule has 0 spiro atoms. The van der Waals surface area contributed by atoms with Gasteiger partial charge in [0.25, 0.3) is 0 Å². The van der Waals surface area contributed by atoms with Gasteiger partial charge in [0, 0.05) is 17.7 Å². The molecule has 1 unspecified atom stereocenters. The van der Waals surface area contributed by atoms with Crippen molar-refractivity contribution < 1.29 is 8.78 Å². The standard InChI is InChI=1S/C19H19F2N3/c1-22-9-8-17(15-6-7-18(20)19(21)10-15)14-4-2-13(3-5-14)16-11-23-24-12-16/h2-7,10-12,17,22H,8-9H2,1H3,(H,23,24). The zero-order valence-electron chi connectivity index (χ0n) is 13.4. The van der Waals surface area contributed by atoms with Crippen LogP contribution < -0.4 is 5.32 Å². The fourth-order valence-corrected chi connectivity index (χ4v) is 2.86. The molecular weight excluding hydrogens is 308 g/mol. The van der Waals surface area contributed by atoms with Crippen LogP contribution in [0.4, 0.5) is 8.78 Å². The van der Waals surface area contributed by atoms with Gasteiger partial charge >= 0.3 is 0 Å². The van der Waals surface area contributed by atoms with Gasteiger partial charge in [-0.15, -0.1) is 0 Å². The molecule has 2 aromatic carbocycles. The second kappa shape index (κ2) is 7.36. The van der Waals surface area contributed by atoms with Crippen LogP contribution >= 0.6 is 0 Å². The summed E-state index contributed by atoms with van der Waals surface area (Å²) in [6, 6.07) is 12.2. The van der Waals surface area contributed by atoms with E-state index in [-0.39, 0.29) is 5.92 Å². The predicted molar refractivity (Wildman–Crippen MR) is 90.8 cm³/mol. The van der Waals surface area contributed by atoms with Crippen molar-refractivity contribution in [1.82, 2.24) is 15.5 Å². The van der Waals surface area contributed by atoms with E-state index in [1.807, 2.05) is 37.5 Å². The number of rotatable bonds is 6. The van der Waals surface area contributed by atoms with Crippen LogP contribution in [0.5, 0.6) is 0 Å². The number of benzene rings is 2. The van der Waals surface area contributed by atoms with Crippen molar-refractivity contribution >= 4 is 0 Å². The van der Waals surface area contributed by atoms with E-state index in [0.717, 1.165) is 35.2 Å². The van der Waals surface area contributed by atoms with E-state index in [4.69, 9.17) is 0 Å². The summed E-state index contributed by atoms with van der Waals surface area (Å²) < 4.78 is 26.9. The Bertz CT molecular complexity index is 783. The van der Waals surface area contributed by atoms with Crippen LogP contribution in [0, 0.1) is 11.6 Å². The van der Waals surface area contributed by atoms with Crippen LogP contribution in [0.1, 0.15) is 23.5 Å². The molecule has 0 aliphatic rings. The minimum atomic E-state index is -0.818. The molecule has 0 aliphatic carbocycles. The molecule has 24 heavy (non-hydrogen) atoms. The molecule has 0 bridgehead atoms. The van der Waals surface area contributed by atoms with Gasteiger partial charge < -0.3 is 5.32 Å². The summed E-state index contributed by atoms with van der Waals surface area (Å²) in [7, 11) is 1.88. The lowest BCUT2D eigenvalue weighted by Crippen LogP contribution is -2.13. The van der Waals surface area contributed by atoms with Crippen LogP contribution in [0.15, 0.2) is 54.9 Å². The van der Waals surface area contributed by atoms with E-state index in [1.54, 1.807) is 12.3 Å². The van der Waals surface area contributed by atoms with E-state index in [2.05, 4.69) is 15.5 Å². The van der Waals surface area contributed by atoms with E-state index >= 15 is 0 Å². The van der Waals surface area contributed by atoms with E-state index in [1.165, 1.54) is 12.1 Å². The monoisotopic (exact) mass is 327 g/mol. The van der Waals surface area contributed by atoms with Gasteiger partial charge in [-0.3, -0.25) is 5.10 Å². The molecule has 1 heterocycles. The molecule has 3 rings (SSSR count). The van der Waals surface area contributed by atoms with E-state index in [0.29, 0.717) is 0 Å². The second-order valence-corrected chi connectivity index (χ2v) is 5.73. The molecule has 0 aliphatic heterocycles. The van der Waals surface area contributed by atoms with Crippen LogP contribution in [-0.4, -0.2) is 23.8 Å². The fraction of sp³-hybridized carbons (Fsp3) is 0.211. The molecule has 0 fully saturated rings. The molecule has 2 N–H and O–H groups in total. The Morgan fingerprint density at radius 3 is 2.38 bits per heavy atom. The van der Waals surface area contributed by atoms with Crippen molar-refractivity contribution in [2.75, 3.05) is 13.6 Å². The molecule has 0 saturated carbocycles. The summed E-state index contributed by atoms with van der Waals surface area (Å²) in [6.07, 6.45) is 4.40. The number of halogens is 2. The highest BCUT2D eigenvalue weighted by Gasteiger charge is 2.16. The lowest BCUT2D eigenvalue weighted by Gasteiger charge is -2.18. The summed E-state index contributed by atoms with van der Waals surface area (Å²) >= 11 is 0. The molecule has 1 atom stereocenters. The number of hydrogen-bond donors (Lipinski definition) is 2. The van der Waals surface area contributed by atoms with Crippen molar-refractivity contribution in [2.24, 2.45) is 0 Å². The Morgan fingerprint density at radius 2 is 1.75 bits per heavy atom. The molecule has 0 saturated heterocycles. The number of H-pyrrole nitrogens is 1. The van der Waals surface area contributed by atoms with Gasteiger partial charge in [-0.1, -0.05) is 30.3 Å². The average molecular weight is 327 g/mol. The Kier molecular flexibility index (Phi) is 5.01. The Labute approximate surface area is 139 Å². The summed E-state index contributed by atoms with van der Waals surface area (Å²) in [6.45, 7) is 0.785. The van der Waals surface area contributed by atoms with E-state index in [9.17, 15) is 8.78 Å². The van der Waals surface area contributed by atoms with Gasteiger partial charge in [0.2, 0.25) is 0 Å². The quantitative estimate of drug-likeness (QED) is 0.716. The third-order valence-corrected chi connectivity index (χ3v) is 4.17. The SMILES string of the molecule is CNCCC(c1ccc(-c2cn[nH]c2)cc1)c1ccc(F)c(F)c1. The van der Waals surface area contributed by atoms with Crippen LogP contribution in [-0.2, 0) is 0 Å². The zero-order valence-corrected chi connectivity index (χ0v) is 13.4. The minimum Gasteiger partial charge on any atom is -0.320 e. The van der Waals surface area contributed by atoms with E-state index < -0.39 is 11.6 Å². The molecule has 3 nitrogen and oxygen atoms in total. The zero-order chi connectivity index (χ0) is 16.9. The normalized spacial score (nSPS) is 12.3. The molecule has 0 radical (unpaired) electrons. The van der Waals surface area contributed by atoms with Crippen molar-refractivity contribution in [3.05, 3.63) is 77.6 Å². The van der Waals surface area contributed by atoms with Crippen molar-refractivity contribution in [3.8, 4) is 11.1 Å². The maximum absolute atomic E-state index is 13.6. The first-order valence-corrected chi connectivity index (χ1v) is 7.87. The molecule has 0 amide bonds. The molecular formula is C19H19F2N3.